The van der Waals surface area contributed by atoms with Crippen molar-refractivity contribution in [3.05, 3.63) is 29.6 Å². The molecule has 1 aromatic heterocycles. The number of aliphatic imine (C=N–C) groups is 1. The van der Waals surface area contributed by atoms with Crippen molar-refractivity contribution >= 4 is 5.96 Å². The highest BCUT2D eigenvalue weighted by molar-refractivity contribution is 5.78. The molecule has 0 aliphatic heterocycles. The first-order valence-corrected chi connectivity index (χ1v) is 7.05. The predicted octanol–water partition coefficient (Wildman–Crippen LogP) is 2.84. The largest absolute Gasteiger partial charge is 0.433 e. The zero-order chi connectivity index (χ0) is 15.3. The lowest BCUT2D eigenvalue weighted by Crippen LogP contribution is -2.41. The summed E-state index contributed by atoms with van der Waals surface area (Å²) in [6, 6.07) is 4.09. The zero-order valence-corrected chi connectivity index (χ0v) is 11.7. The summed E-state index contributed by atoms with van der Waals surface area (Å²) in [6.45, 7) is 0.0372. The van der Waals surface area contributed by atoms with Crippen LogP contribution in [0.1, 0.15) is 43.5 Å². The second kappa shape index (κ2) is 6.78. The maximum atomic E-state index is 12.5. The molecule has 0 atom stereocenters. The molecule has 0 radical (unpaired) electrons. The number of nitrogens with one attached hydrogen (secondary N) is 1. The summed E-state index contributed by atoms with van der Waals surface area (Å²) in [5, 5.41) is 3.11. The molecule has 0 saturated heterocycles. The summed E-state index contributed by atoms with van der Waals surface area (Å²) in [5.74, 6) is 0.265. The van der Waals surface area contributed by atoms with Crippen molar-refractivity contribution in [1.82, 2.24) is 10.3 Å². The Morgan fingerprint density at radius 1 is 1.29 bits per heavy atom. The van der Waals surface area contributed by atoms with Crippen molar-refractivity contribution in [1.29, 1.82) is 0 Å². The Labute approximate surface area is 121 Å². The quantitative estimate of drug-likeness (QED) is 0.666. The minimum atomic E-state index is -4.44. The van der Waals surface area contributed by atoms with Crippen molar-refractivity contribution in [2.24, 2.45) is 10.7 Å². The van der Waals surface area contributed by atoms with Crippen molar-refractivity contribution in [3.8, 4) is 0 Å². The molecule has 1 heterocycles. The lowest BCUT2D eigenvalue weighted by Gasteiger charge is -2.23. The van der Waals surface area contributed by atoms with Gasteiger partial charge >= 0.3 is 6.18 Å². The summed E-state index contributed by atoms with van der Waals surface area (Å²) >= 11 is 0. The molecule has 1 fully saturated rings. The van der Waals surface area contributed by atoms with Gasteiger partial charge in [-0.05, 0) is 25.0 Å². The van der Waals surface area contributed by atoms with Crippen LogP contribution in [0.4, 0.5) is 13.2 Å². The van der Waals surface area contributed by atoms with E-state index in [1.165, 1.54) is 31.4 Å². The first kappa shape index (κ1) is 15.6. The molecule has 0 spiro atoms. The molecular weight excluding hydrogens is 281 g/mol. The van der Waals surface area contributed by atoms with Gasteiger partial charge in [-0.2, -0.15) is 13.2 Å². The molecule has 0 aromatic carbocycles. The number of guanidine groups is 1. The van der Waals surface area contributed by atoms with Gasteiger partial charge in [0.15, 0.2) is 5.96 Å². The third-order valence-electron chi connectivity index (χ3n) is 3.47. The van der Waals surface area contributed by atoms with Crippen LogP contribution < -0.4 is 11.1 Å². The third kappa shape index (κ3) is 4.91. The predicted molar refractivity (Wildman–Crippen MR) is 74.6 cm³/mol. The van der Waals surface area contributed by atoms with Crippen LogP contribution >= 0.6 is 0 Å². The maximum Gasteiger partial charge on any atom is 0.433 e. The summed E-state index contributed by atoms with van der Waals surface area (Å²) in [4.78, 5) is 7.61. The Balaban J connectivity index is 1.93. The summed E-state index contributed by atoms with van der Waals surface area (Å²) in [6.07, 6.45) is 1.24. The second-order valence-electron chi connectivity index (χ2n) is 5.19. The van der Waals surface area contributed by atoms with E-state index in [1.807, 2.05) is 0 Å². The molecule has 0 bridgehead atoms. The normalized spacial score (nSPS) is 17.8. The molecule has 21 heavy (non-hydrogen) atoms. The zero-order valence-electron chi connectivity index (χ0n) is 11.7. The third-order valence-corrected chi connectivity index (χ3v) is 3.47. The van der Waals surface area contributed by atoms with Crippen LogP contribution in [-0.2, 0) is 12.7 Å². The molecule has 116 valence electrons. The molecule has 1 aliphatic carbocycles. The smallest absolute Gasteiger partial charge is 0.370 e. The summed E-state index contributed by atoms with van der Waals surface area (Å²) in [7, 11) is 0. The number of aromatic nitrogens is 1. The van der Waals surface area contributed by atoms with Gasteiger partial charge in [0.25, 0.3) is 0 Å². The highest BCUT2D eigenvalue weighted by Gasteiger charge is 2.32. The fraction of sp³-hybridized carbons (Fsp3) is 0.571. The van der Waals surface area contributed by atoms with Gasteiger partial charge in [-0.1, -0.05) is 25.3 Å². The number of alkyl halides is 3. The van der Waals surface area contributed by atoms with Crippen LogP contribution in [0.3, 0.4) is 0 Å². The number of rotatable bonds is 3. The Bertz CT molecular complexity index is 493. The van der Waals surface area contributed by atoms with Crippen LogP contribution in [-0.4, -0.2) is 17.0 Å². The fourth-order valence-electron chi connectivity index (χ4n) is 2.39. The number of pyridine rings is 1. The average Bonchev–Trinajstić information content (AvgIpc) is 2.46. The number of hydrogen-bond acceptors (Lipinski definition) is 2. The average molecular weight is 300 g/mol. The number of halogens is 3. The number of hydrogen-bond donors (Lipinski definition) is 2. The second-order valence-corrected chi connectivity index (χ2v) is 5.19. The van der Waals surface area contributed by atoms with Gasteiger partial charge in [0.05, 0.1) is 12.2 Å². The van der Waals surface area contributed by atoms with Crippen molar-refractivity contribution in [3.63, 3.8) is 0 Å². The molecular formula is C14H19F3N4. The lowest BCUT2D eigenvalue weighted by atomic mass is 9.96. The molecule has 0 unspecified atom stereocenters. The van der Waals surface area contributed by atoms with Crippen LogP contribution in [0, 0.1) is 0 Å². The van der Waals surface area contributed by atoms with E-state index in [2.05, 4.69) is 15.3 Å². The van der Waals surface area contributed by atoms with Gasteiger partial charge in [-0.15, -0.1) is 0 Å². The maximum absolute atomic E-state index is 12.5. The monoisotopic (exact) mass is 300 g/mol. The molecule has 3 N–H and O–H groups in total. The molecule has 1 saturated carbocycles. The molecule has 4 nitrogen and oxygen atoms in total. The van der Waals surface area contributed by atoms with Crippen LogP contribution in [0.25, 0.3) is 0 Å². The Morgan fingerprint density at radius 2 is 2.00 bits per heavy atom. The van der Waals surface area contributed by atoms with Crippen molar-refractivity contribution in [2.75, 3.05) is 0 Å². The van der Waals surface area contributed by atoms with E-state index in [9.17, 15) is 13.2 Å². The van der Waals surface area contributed by atoms with E-state index in [4.69, 9.17) is 5.73 Å². The molecule has 1 aliphatic rings. The minimum Gasteiger partial charge on any atom is -0.370 e. The van der Waals surface area contributed by atoms with E-state index in [0.717, 1.165) is 18.9 Å². The number of nitrogens with zero attached hydrogens (tertiary/aromatic N) is 2. The van der Waals surface area contributed by atoms with Crippen molar-refractivity contribution in [2.45, 2.75) is 50.9 Å². The van der Waals surface area contributed by atoms with Crippen LogP contribution in [0.5, 0.6) is 0 Å². The summed E-state index contributed by atoms with van der Waals surface area (Å²) in [5.41, 5.74) is 5.11. The Morgan fingerprint density at radius 3 is 2.67 bits per heavy atom. The lowest BCUT2D eigenvalue weighted by molar-refractivity contribution is -0.141. The van der Waals surface area contributed by atoms with E-state index < -0.39 is 11.9 Å². The van der Waals surface area contributed by atoms with Gasteiger partial charge in [0.2, 0.25) is 0 Å². The van der Waals surface area contributed by atoms with Gasteiger partial charge in [-0.3, -0.25) is 0 Å². The van der Waals surface area contributed by atoms with Crippen molar-refractivity contribution < 1.29 is 13.2 Å². The van der Waals surface area contributed by atoms with Gasteiger partial charge in [0, 0.05) is 6.04 Å². The van der Waals surface area contributed by atoms with Gasteiger partial charge in [0.1, 0.15) is 5.69 Å². The Kier molecular flexibility index (Phi) is 5.03. The first-order valence-electron chi connectivity index (χ1n) is 7.05. The van der Waals surface area contributed by atoms with Crippen LogP contribution in [0.2, 0.25) is 0 Å². The number of nitrogens with two attached hydrogens (primary N) is 1. The van der Waals surface area contributed by atoms with Gasteiger partial charge in [-0.25, -0.2) is 9.98 Å². The molecule has 7 heteroatoms. The summed E-state index contributed by atoms with van der Waals surface area (Å²) < 4.78 is 37.6. The molecule has 2 rings (SSSR count). The fourth-order valence-corrected chi connectivity index (χ4v) is 2.39. The first-order chi connectivity index (χ1) is 9.95. The minimum absolute atomic E-state index is 0.0372. The van der Waals surface area contributed by atoms with E-state index in [1.54, 1.807) is 0 Å². The van der Waals surface area contributed by atoms with Crippen LogP contribution in [0.15, 0.2) is 23.2 Å². The highest BCUT2D eigenvalue weighted by atomic mass is 19.4. The topological polar surface area (TPSA) is 63.3 Å². The standard InChI is InChI=1S/C14H19F3N4/c15-14(16,17)12-8-4-7-11(20-12)9-19-13(18)21-10-5-2-1-3-6-10/h4,7-8,10H,1-3,5-6,9H2,(H3,18,19,21). The molecule has 0 amide bonds. The van der Waals surface area contributed by atoms with Gasteiger partial charge < -0.3 is 11.1 Å². The SMILES string of the molecule is NC(=NCc1cccc(C(F)(F)F)n1)NC1CCCCC1. The van der Waals surface area contributed by atoms with E-state index >= 15 is 0 Å². The highest BCUT2D eigenvalue weighted by Crippen LogP contribution is 2.27. The van der Waals surface area contributed by atoms with E-state index in [-0.39, 0.29) is 18.2 Å². The molecule has 1 aromatic rings. The van der Waals surface area contributed by atoms with E-state index in [0.29, 0.717) is 6.04 Å². The Hall–Kier alpha value is -1.79.